The fourth-order valence-electron chi connectivity index (χ4n) is 1.60. The number of fused-ring (bicyclic) bond motifs is 1. The molecular weight excluding hydrogens is 192 g/mol. The number of carboxylic acid groups (broad SMARTS) is 1. The van der Waals surface area contributed by atoms with Crippen LogP contribution in [0.2, 0.25) is 0 Å². The number of aliphatic carboxylic acids is 1. The Morgan fingerprint density at radius 1 is 1.47 bits per heavy atom. The summed E-state index contributed by atoms with van der Waals surface area (Å²) in [5.74, 6) is -0.880. The zero-order chi connectivity index (χ0) is 10.8. The SMILES string of the molecule is N[C@H](CC(=O)O)c1ccc2cc[nH]c2c1. The number of hydrogen-bond donors (Lipinski definition) is 3. The lowest BCUT2D eigenvalue weighted by Gasteiger charge is -2.08. The van der Waals surface area contributed by atoms with Crippen molar-refractivity contribution in [3.8, 4) is 0 Å². The van der Waals surface area contributed by atoms with Crippen LogP contribution in [0.25, 0.3) is 10.9 Å². The number of aromatic amines is 1. The molecule has 0 radical (unpaired) electrons. The van der Waals surface area contributed by atoms with Gasteiger partial charge in [0.05, 0.1) is 6.42 Å². The lowest BCUT2D eigenvalue weighted by molar-refractivity contribution is -0.137. The van der Waals surface area contributed by atoms with E-state index in [2.05, 4.69) is 4.98 Å². The van der Waals surface area contributed by atoms with Crippen molar-refractivity contribution in [2.75, 3.05) is 0 Å². The van der Waals surface area contributed by atoms with Crippen LogP contribution in [-0.4, -0.2) is 16.1 Å². The summed E-state index contributed by atoms with van der Waals surface area (Å²) in [6.45, 7) is 0. The van der Waals surface area contributed by atoms with E-state index in [9.17, 15) is 4.79 Å². The van der Waals surface area contributed by atoms with E-state index in [1.165, 1.54) is 0 Å². The Morgan fingerprint density at radius 2 is 2.27 bits per heavy atom. The van der Waals surface area contributed by atoms with Crippen molar-refractivity contribution in [1.29, 1.82) is 0 Å². The highest BCUT2D eigenvalue weighted by molar-refractivity contribution is 5.80. The smallest absolute Gasteiger partial charge is 0.305 e. The summed E-state index contributed by atoms with van der Waals surface area (Å²) in [6.07, 6.45) is 1.80. The molecule has 4 N–H and O–H groups in total. The van der Waals surface area contributed by atoms with E-state index in [-0.39, 0.29) is 6.42 Å². The first-order valence-corrected chi connectivity index (χ1v) is 4.71. The van der Waals surface area contributed by atoms with Gasteiger partial charge in [-0.1, -0.05) is 12.1 Å². The Balaban J connectivity index is 2.30. The average molecular weight is 204 g/mol. The topological polar surface area (TPSA) is 79.1 Å². The largest absolute Gasteiger partial charge is 0.481 e. The number of rotatable bonds is 3. The van der Waals surface area contributed by atoms with Crippen LogP contribution < -0.4 is 5.73 Å². The molecule has 4 nitrogen and oxygen atoms in total. The van der Waals surface area contributed by atoms with Crippen LogP contribution in [0.3, 0.4) is 0 Å². The van der Waals surface area contributed by atoms with Gasteiger partial charge in [0.1, 0.15) is 0 Å². The second-order valence-corrected chi connectivity index (χ2v) is 3.53. The van der Waals surface area contributed by atoms with E-state index >= 15 is 0 Å². The fourth-order valence-corrected chi connectivity index (χ4v) is 1.60. The molecular formula is C11H12N2O2. The molecule has 0 fully saturated rings. The summed E-state index contributed by atoms with van der Waals surface area (Å²) in [6, 6.07) is 7.20. The lowest BCUT2D eigenvalue weighted by Crippen LogP contribution is -2.14. The molecule has 0 bridgehead atoms. The average Bonchev–Trinajstić information content (AvgIpc) is 2.62. The summed E-state index contributed by atoms with van der Waals surface area (Å²) < 4.78 is 0. The number of aromatic nitrogens is 1. The van der Waals surface area contributed by atoms with Crippen molar-refractivity contribution in [2.45, 2.75) is 12.5 Å². The van der Waals surface area contributed by atoms with Crippen molar-refractivity contribution in [2.24, 2.45) is 5.73 Å². The third kappa shape index (κ3) is 1.99. The van der Waals surface area contributed by atoms with Crippen molar-refractivity contribution < 1.29 is 9.90 Å². The van der Waals surface area contributed by atoms with Crippen LogP contribution in [0.5, 0.6) is 0 Å². The molecule has 0 aliphatic rings. The molecule has 0 saturated heterocycles. The number of nitrogens with two attached hydrogens (primary N) is 1. The fraction of sp³-hybridized carbons (Fsp3) is 0.182. The first-order valence-electron chi connectivity index (χ1n) is 4.71. The number of carboxylic acids is 1. The van der Waals surface area contributed by atoms with Crippen molar-refractivity contribution in [3.63, 3.8) is 0 Å². The number of nitrogens with one attached hydrogen (secondary N) is 1. The van der Waals surface area contributed by atoms with Gasteiger partial charge < -0.3 is 15.8 Å². The summed E-state index contributed by atoms with van der Waals surface area (Å²) in [4.78, 5) is 13.6. The summed E-state index contributed by atoms with van der Waals surface area (Å²) in [7, 11) is 0. The molecule has 2 rings (SSSR count). The molecule has 1 aromatic heterocycles. The highest BCUT2D eigenvalue weighted by Crippen LogP contribution is 2.19. The number of carbonyl (C=O) groups is 1. The molecule has 0 saturated carbocycles. The Labute approximate surface area is 86.7 Å². The van der Waals surface area contributed by atoms with E-state index in [0.717, 1.165) is 16.5 Å². The molecule has 0 unspecified atom stereocenters. The molecule has 15 heavy (non-hydrogen) atoms. The molecule has 78 valence electrons. The highest BCUT2D eigenvalue weighted by Gasteiger charge is 2.10. The maximum absolute atomic E-state index is 10.5. The van der Waals surface area contributed by atoms with Crippen LogP contribution in [-0.2, 0) is 4.79 Å². The van der Waals surface area contributed by atoms with Crippen molar-refractivity contribution in [1.82, 2.24) is 4.98 Å². The van der Waals surface area contributed by atoms with Gasteiger partial charge in [0.25, 0.3) is 0 Å². The standard InChI is InChI=1S/C11H12N2O2/c12-9(6-11(14)15)8-2-1-7-3-4-13-10(7)5-8/h1-5,9,13H,6,12H2,(H,14,15)/t9-/m1/s1. The van der Waals surface area contributed by atoms with Gasteiger partial charge in [-0.05, 0) is 23.1 Å². The zero-order valence-corrected chi connectivity index (χ0v) is 8.10. The van der Waals surface area contributed by atoms with Crippen LogP contribution in [0.4, 0.5) is 0 Å². The monoisotopic (exact) mass is 204 g/mol. The van der Waals surface area contributed by atoms with Crippen LogP contribution in [0, 0.1) is 0 Å². The predicted molar refractivity (Wildman–Crippen MR) is 57.5 cm³/mol. The molecule has 2 aromatic rings. The second kappa shape index (κ2) is 3.74. The molecule has 0 aliphatic carbocycles. The van der Waals surface area contributed by atoms with Gasteiger partial charge in [-0.15, -0.1) is 0 Å². The van der Waals surface area contributed by atoms with E-state index in [1.54, 1.807) is 0 Å². The Kier molecular flexibility index (Phi) is 2.43. The van der Waals surface area contributed by atoms with Crippen LogP contribution >= 0.6 is 0 Å². The van der Waals surface area contributed by atoms with Gasteiger partial charge in [0, 0.05) is 17.8 Å². The minimum atomic E-state index is -0.880. The number of benzene rings is 1. The second-order valence-electron chi connectivity index (χ2n) is 3.53. The predicted octanol–water partition coefficient (Wildman–Crippen LogP) is 1.64. The third-order valence-electron chi connectivity index (χ3n) is 2.40. The quantitative estimate of drug-likeness (QED) is 0.711. The lowest BCUT2D eigenvalue weighted by atomic mass is 10.0. The molecule has 0 amide bonds. The van der Waals surface area contributed by atoms with E-state index < -0.39 is 12.0 Å². The van der Waals surface area contributed by atoms with E-state index in [0.29, 0.717) is 0 Å². The van der Waals surface area contributed by atoms with Gasteiger partial charge in [-0.3, -0.25) is 4.79 Å². The molecule has 1 aromatic carbocycles. The van der Waals surface area contributed by atoms with Gasteiger partial charge in [0.2, 0.25) is 0 Å². The van der Waals surface area contributed by atoms with Gasteiger partial charge >= 0.3 is 5.97 Å². The zero-order valence-electron chi connectivity index (χ0n) is 8.10. The summed E-state index contributed by atoms with van der Waals surface area (Å²) in [5.41, 5.74) is 7.58. The van der Waals surface area contributed by atoms with E-state index in [4.69, 9.17) is 10.8 Å². The Bertz CT molecular complexity index is 490. The normalized spacial score (nSPS) is 12.9. The Hall–Kier alpha value is -1.81. The first-order chi connectivity index (χ1) is 7.16. The number of hydrogen-bond acceptors (Lipinski definition) is 2. The molecule has 4 heteroatoms. The maximum Gasteiger partial charge on any atom is 0.305 e. The first kappa shape index (κ1) is 9.73. The molecule has 1 atom stereocenters. The maximum atomic E-state index is 10.5. The van der Waals surface area contributed by atoms with E-state index in [1.807, 2.05) is 30.5 Å². The number of H-pyrrole nitrogens is 1. The minimum absolute atomic E-state index is 0.0494. The highest BCUT2D eigenvalue weighted by atomic mass is 16.4. The van der Waals surface area contributed by atoms with Gasteiger partial charge in [-0.2, -0.15) is 0 Å². The summed E-state index contributed by atoms with van der Waals surface area (Å²) >= 11 is 0. The van der Waals surface area contributed by atoms with Gasteiger partial charge in [0.15, 0.2) is 0 Å². The van der Waals surface area contributed by atoms with Crippen molar-refractivity contribution in [3.05, 3.63) is 36.0 Å². The Morgan fingerprint density at radius 3 is 3.00 bits per heavy atom. The van der Waals surface area contributed by atoms with Crippen molar-refractivity contribution >= 4 is 16.9 Å². The molecule has 0 spiro atoms. The summed E-state index contributed by atoms with van der Waals surface area (Å²) in [5, 5.41) is 9.73. The molecule has 0 aliphatic heterocycles. The van der Waals surface area contributed by atoms with Crippen LogP contribution in [0.1, 0.15) is 18.0 Å². The van der Waals surface area contributed by atoms with Crippen LogP contribution in [0.15, 0.2) is 30.5 Å². The minimum Gasteiger partial charge on any atom is -0.481 e. The molecule has 1 heterocycles. The third-order valence-corrected chi connectivity index (χ3v) is 2.40. The van der Waals surface area contributed by atoms with Gasteiger partial charge in [-0.25, -0.2) is 0 Å².